The number of hydrogen-bond acceptors (Lipinski definition) is 2. The Morgan fingerprint density at radius 1 is 0.591 bits per heavy atom. The van der Waals surface area contributed by atoms with Gasteiger partial charge in [0.25, 0.3) is 0 Å². The van der Waals surface area contributed by atoms with E-state index in [0.29, 0.717) is 29.1 Å². The molecular weight excluding hydrogens is 534 g/mol. The SMILES string of the molecule is c1ccc(-c2cc3c4c5c(ncc4n4c6cnc7c(c6c(c2)c34)C2CC3CC4CC7CC43C2)C2CC3CC(C2)CC5C3)cc1. The minimum atomic E-state index is 0.644. The van der Waals surface area contributed by atoms with Gasteiger partial charge in [-0.05, 0) is 140 Å². The normalized spacial score (nSPS) is 37.2. The van der Waals surface area contributed by atoms with Crippen LogP contribution in [0, 0.1) is 29.1 Å². The van der Waals surface area contributed by atoms with Crippen LogP contribution in [0.25, 0.3) is 49.2 Å². The maximum absolute atomic E-state index is 5.47. The van der Waals surface area contributed by atoms with Crippen LogP contribution in [-0.2, 0) is 0 Å². The average Bonchev–Trinajstić information content (AvgIpc) is 3.68. The molecule has 7 atom stereocenters. The zero-order chi connectivity index (χ0) is 28.1. The van der Waals surface area contributed by atoms with Crippen LogP contribution in [0.4, 0.5) is 0 Å². The molecule has 5 saturated carbocycles. The Kier molecular flexibility index (Phi) is 3.82. The fourth-order valence-electron chi connectivity index (χ4n) is 13.8. The lowest BCUT2D eigenvalue weighted by molar-refractivity contribution is 0.00321. The number of hydrogen-bond donors (Lipinski definition) is 0. The van der Waals surface area contributed by atoms with E-state index < -0.39 is 0 Å². The van der Waals surface area contributed by atoms with E-state index >= 15 is 0 Å². The quantitative estimate of drug-likeness (QED) is 0.197. The van der Waals surface area contributed by atoms with Crippen molar-refractivity contribution in [3.8, 4) is 11.1 Å². The molecule has 6 aromatic rings. The van der Waals surface area contributed by atoms with Crippen molar-refractivity contribution >= 4 is 38.1 Å². The summed E-state index contributed by atoms with van der Waals surface area (Å²) in [6.07, 6.45) is 18.6. The molecule has 4 aromatic heterocycles. The van der Waals surface area contributed by atoms with Gasteiger partial charge in [0, 0.05) is 44.8 Å². The zero-order valence-corrected chi connectivity index (χ0v) is 25.2. The molecule has 0 amide bonds. The third-order valence-electron chi connectivity index (χ3n) is 15.0. The highest BCUT2D eigenvalue weighted by Crippen LogP contribution is 2.76. The number of nitrogens with zero attached hydrogens (tertiary/aromatic N) is 3. The molecule has 4 heterocycles. The Bertz CT molecular complexity index is 2250. The summed E-state index contributed by atoms with van der Waals surface area (Å²) in [6, 6.07) is 16.3. The van der Waals surface area contributed by atoms with Crippen molar-refractivity contribution in [2.75, 3.05) is 0 Å². The van der Waals surface area contributed by atoms with Gasteiger partial charge in [0.05, 0.1) is 28.9 Å². The summed E-state index contributed by atoms with van der Waals surface area (Å²) in [4.78, 5) is 10.9. The molecule has 0 radical (unpaired) electrons. The van der Waals surface area contributed by atoms with Crippen LogP contribution in [0.3, 0.4) is 0 Å². The van der Waals surface area contributed by atoms with E-state index in [1.807, 2.05) is 0 Å². The van der Waals surface area contributed by atoms with E-state index in [1.165, 1.54) is 125 Å². The molecule has 14 rings (SSSR count). The van der Waals surface area contributed by atoms with Crippen molar-refractivity contribution in [1.82, 2.24) is 14.4 Å². The van der Waals surface area contributed by atoms with Crippen molar-refractivity contribution in [2.45, 2.75) is 87.9 Å². The number of benzene rings is 2. The molecule has 3 nitrogen and oxygen atoms in total. The lowest BCUT2D eigenvalue weighted by Gasteiger charge is -2.48. The second-order valence-electron chi connectivity index (χ2n) is 16.7. The molecule has 216 valence electrons. The highest BCUT2D eigenvalue weighted by Gasteiger charge is 2.66. The van der Waals surface area contributed by atoms with Gasteiger partial charge >= 0.3 is 0 Å². The summed E-state index contributed by atoms with van der Waals surface area (Å²) >= 11 is 0. The minimum absolute atomic E-state index is 0.644. The smallest absolute Gasteiger partial charge is 0.0728 e. The molecule has 0 N–H and O–H groups in total. The minimum Gasteiger partial charge on any atom is -0.305 e. The lowest BCUT2D eigenvalue weighted by atomic mass is 9.56. The van der Waals surface area contributed by atoms with Gasteiger partial charge in [-0.15, -0.1) is 0 Å². The number of pyridine rings is 2. The molecule has 8 aliphatic carbocycles. The van der Waals surface area contributed by atoms with Gasteiger partial charge in [0.1, 0.15) is 0 Å². The average molecular weight is 572 g/mol. The number of fused-ring (bicyclic) bond motifs is 12. The molecular formula is C41H37N3. The standard InChI is InChI=1S/C41H37N3/c1-2-4-22(5-3-1)23-13-30-36-32(18-42-38-25-9-20-6-21(10-25)8-24(7-20)34(36)38)44-33-19-43-39-27-12-29-15-28-11-26(16-41(28,29)17-27)35(39)37(33)31(14-23)40(30)44/h1-5,13-14,18-21,24-29H,6-12,15-17H2. The molecule has 0 saturated heterocycles. The van der Waals surface area contributed by atoms with Gasteiger partial charge in [-0.1, -0.05) is 30.3 Å². The number of rotatable bonds is 1. The van der Waals surface area contributed by atoms with Crippen molar-refractivity contribution in [2.24, 2.45) is 29.1 Å². The Balaban J connectivity index is 1.19. The van der Waals surface area contributed by atoms with Crippen molar-refractivity contribution in [3.63, 3.8) is 0 Å². The summed E-state index contributed by atoms with van der Waals surface area (Å²) < 4.78 is 2.63. The van der Waals surface area contributed by atoms with E-state index in [1.54, 1.807) is 11.1 Å². The van der Waals surface area contributed by atoms with Gasteiger partial charge in [0.2, 0.25) is 0 Å². The van der Waals surface area contributed by atoms with Crippen LogP contribution in [-0.4, -0.2) is 14.4 Å². The fraction of sp³-hybridized carbons (Fsp3) is 0.463. The molecule has 8 aliphatic rings. The summed E-state index contributed by atoms with van der Waals surface area (Å²) in [6.45, 7) is 0. The van der Waals surface area contributed by atoms with Crippen LogP contribution in [0.1, 0.15) is 110 Å². The first-order valence-electron chi connectivity index (χ1n) is 17.8. The molecule has 5 fully saturated rings. The summed E-state index contributed by atoms with van der Waals surface area (Å²) in [7, 11) is 0. The number of aromatic nitrogens is 3. The predicted molar refractivity (Wildman–Crippen MR) is 176 cm³/mol. The molecule has 44 heavy (non-hydrogen) atoms. The van der Waals surface area contributed by atoms with E-state index in [0.717, 1.165) is 23.7 Å². The first kappa shape index (κ1) is 23.0. The maximum atomic E-state index is 5.47. The lowest BCUT2D eigenvalue weighted by Crippen LogP contribution is -2.41. The molecule has 2 aromatic carbocycles. The highest BCUT2D eigenvalue weighted by atomic mass is 15.0. The molecule has 0 aliphatic heterocycles. The van der Waals surface area contributed by atoms with Gasteiger partial charge < -0.3 is 4.40 Å². The summed E-state index contributed by atoms with van der Waals surface area (Å²) in [5.41, 5.74) is 13.7. The Morgan fingerprint density at radius 3 is 1.93 bits per heavy atom. The molecule has 3 heteroatoms. The van der Waals surface area contributed by atoms with E-state index in [4.69, 9.17) is 9.97 Å². The van der Waals surface area contributed by atoms with Crippen LogP contribution >= 0.6 is 0 Å². The van der Waals surface area contributed by atoms with Gasteiger partial charge in [-0.25, -0.2) is 0 Å². The molecule has 1 spiro atoms. The zero-order valence-electron chi connectivity index (χ0n) is 25.2. The Labute approximate surface area is 257 Å². The molecule has 7 bridgehead atoms. The predicted octanol–water partition coefficient (Wildman–Crippen LogP) is 10.1. The Morgan fingerprint density at radius 2 is 1.20 bits per heavy atom. The molecule has 7 unspecified atom stereocenters. The fourth-order valence-corrected chi connectivity index (χ4v) is 13.8. The van der Waals surface area contributed by atoms with Crippen LogP contribution in [0.15, 0.2) is 54.9 Å². The van der Waals surface area contributed by atoms with Gasteiger partial charge in [-0.2, -0.15) is 0 Å². The van der Waals surface area contributed by atoms with Gasteiger partial charge in [-0.3, -0.25) is 9.97 Å². The Hall–Kier alpha value is -3.46. The maximum Gasteiger partial charge on any atom is 0.0728 e. The third kappa shape index (κ3) is 2.46. The van der Waals surface area contributed by atoms with Crippen molar-refractivity contribution in [1.29, 1.82) is 0 Å². The summed E-state index contributed by atoms with van der Waals surface area (Å²) in [5, 5.41) is 6.02. The van der Waals surface area contributed by atoms with E-state index in [2.05, 4.69) is 59.3 Å². The second kappa shape index (κ2) is 7.33. The van der Waals surface area contributed by atoms with E-state index in [-0.39, 0.29) is 0 Å². The second-order valence-corrected chi connectivity index (χ2v) is 16.7. The van der Waals surface area contributed by atoms with E-state index in [9.17, 15) is 0 Å². The van der Waals surface area contributed by atoms with Crippen LogP contribution in [0.2, 0.25) is 0 Å². The third-order valence-corrected chi connectivity index (χ3v) is 15.0. The monoisotopic (exact) mass is 571 g/mol. The van der Waals surface area contributed by atoms with Crippen LogP contribution in [0.5, 0.6) is 0 Å². The largest absolute Gasteiger partial charge is 0.305 e. The summed E-state index contributed by atoms with van der Waals surface area (Å²) in [5.74, 6) is 6.41. The first-order chi connectivity index (χ1) is 21.7. The topological polar surface area (TPSA) is 30.2 Å². The van der Waals surface area contributed by atoms with Crippen LogP contribution < -0.4 is 0 Å². The van der Waals surface area contributed by atoms with Gasteiger partial charge in [0.15, 0.2) is 0 Å². The highest BCUT2D eigenvalue weighted by molar-refractivity contribution is 6.25. The van der Waals surface area contributed by atoms with Crippen molar-refractivity contribution < 1.29 is 0 Å². The first-order valence-corrected chi connectivity index (χ1v) is 17.8. The van der Waals surface area contributed by atoms with Crippen molar-refractivity contribution in [3.05, 3.63) is 77.4 Å².